The van der Waals surface area contributed by atoms with Crippen LogP contribution in [0.3, 0.4) is 0 Å². The number of carbonyl (C=O) groups is 1. The molecule has 2 heterocycles. The van der Waals surface area contributed by atoms with E-state index in [4.69, 9.17) is 9.47 Å². The lowest BCUT2D eigenvalue weighted by molar-refractivity contribution is -0.113. The predicted molar refractivity (Wildman–Crippen MR) is 98.1 cm³/mol. The van der Waals surface area contributed by atoms with Crippen molar-refractivity contribution in [1.82, 2.24) is 19.7 Å². The van der Waals surface area contributed by atoms with Crippen molar-refractivity contribution in [2.24, 2.45) is 0 Å². The van der Waals surface area contributed by atoms with Crippen LogP contribution in [0.4, 0.5) is 5.69 Å². The van der Waals surface area contributed by atoms with Crippen LogP contribution < -0.4 is 14.8 Å². The van der Waals surface area contributed by atoms with E-state index in [1.165, 1.54) is 18.9 Å². The molecule has 0 fully saturated rings. The first-order chi connectivity index (χ1) is 12.7. The fourth-order valence-electron chi connectivity index (χ4n) is 2.19. The number of anilines is 1. The molecule has 2 aromatic heterocycles. The van der Waals surface area contributed by atoms with Crippen LogP contribution in [0.1, 0.15) is 0 Å². The van der Waals surface area contributed by atoms with Crippen molar-refractivity contribution in [2.45, 2.75) is 5.03 Å². The summed E-state index contributed by atoms with van der Waals surface area (Å²) in [5.74, 6) is 1.74. The highest BCUT2D eigenvalue weighted by molar-refractivity contribution is 8.00. The van der Waals surface area contributed by atoms with Gasteiger partial charge in [0, 0.05) is 30.9 Å². The first-order valence-electron chi connectivity index (χ1n) is 7.67. The van der Waals surface area contributed by atoms with Gasteiger partial charge in [-0.25, -0.2) is 14.6 Å². The molecule has 9 heteroatoms. The third-order valence-electron chi connectivity index (χ3n) is 3.39. The Balaban J connectivity index is 1.67. The second kappa shape index (κ2) is 8.34. The highest BCUT2D eigenvalue weighted by atomic mass is 32.2. The zero-order valence-corrected chi connectivity index (χ0v) is 15.1. The van der Waals surface area contributed by atoms with Gasteiger partial charge in [0.15, 0.2) is 5.82 Å². The van der Waals surface area contributed by atoms with Crippen LogP contribution in [0, 0.1) is 0 Å². The van der Waals surface area contributed by atoms with Crippen molar-refractivity contribution in [3.63, 3.8) is 0 Å². The molecule has 1 aromatic carbocycles. The number of benzene rings is 1. The summed E-state index contributed by atoms with van der Waals surface area (Å²) < 4.78 is 12.0. The summed E-state index contributed by atoms with van der Waals surface area (Å²) in [7, 11) is 3.11. The molecule has 1 amide bonds. The Kier molecular flexibility index (Phi) is 5.69. The van der Waals surface area contributed by atoms with Gasteiger partial charge in [-0.2, -0.15) is 5.10 Å². The minimum absolute atomic E-state index is 0.169. The molecular weight excluding hydrogens is 354 g/mol. The standard InChI is InChI=1S/C17H17N5O3S/c1-24-12-4-5-13(14(10-12)25-2)21-15(23)11-26-17-16(18-7-8-19-17)22-9-3-6-20-22/h3-10H,11H2,1-2H3,(H,21,23). The molecule has 0 bridgehead atoms. The predicted octanol–water partition coefficient (Wildman–Crippen LogP) is 2.41. The summed E-state index contributed by atoms with van der Waals surface area (Å²) in [6, 6.07) is 6.99. The lowest BCUT2D eigenvalue weighted by Gasteiger charge is -2.12. The van der Waals surface area contributed by atoms with E-state index in [2.05, 4.69) is 20.4 Å². The van der Waals surface area contributed by atoms with Gasteiger partial charge < -0.3 is 14.8 Å². The van der Waals surface area contributed by atoms with Crippen LogP contribution >= 0.6 is 11.8 Å². The maximum atomic E-state index is 12.3. The Labute approximate surface area is 154 Å². The van der Waals surface area contributed by atoms with Crippen LogP contribution in [0.5, 0.6) is 11.5 Å². The topological polar surface area (TPSA) is 91.2 Å². The fourth-order valence-corrected chi connectivity index (χ4v) is 2.94. The molecule has 0 spiro atoms. The summed E-state index contributed by atoms with van der Waals surface area (Å²) in [6.07, 6.45) is 6.60. The molecule has 0 saturated carbocycles. The number of nitrogens with zero attached hydrogens (tertiary/aromatic N) is 4. The zero-order valence-electron chi connectivity index (χ0n) is 14.2. The van der Waals surface area contributed by atoms with Gasteiger partial charge >= 0.3 is 0 Å². The maximum Gasteiger partial charge on any atom is 0.234 e. The average Bonchev–Trinajstić information content (AvgIpc) is 3.21. The fraction of sp³-hybridized carbons (Fsp3) is 0.176. The molecule has 0 aliphatic heterocycles. The molecule has 3 aromatic rings. The Morgan fingerprint density at radius 1 is 1.19 bits per heavy atom. The first kappa shape index (κ1) is 17.7. The summed E-state index contributed by atoms with van der Waals surface area (Å²) in [6.45, 7) is 0. The Bertz CT molecular complexity index is 886. The Morgan fingerprint density at radius 3 is 2.77 bits per heavy atom. The number of amides is 1. The van der Waals surface area contributed by atoms with Gasteiger partial charge in [-0.15, -0.1) is 0 Å². The molecule has 0 atom stereocenters. The molecule has 3 rings (SSSR count). The lowest BCUT2D eigenvalue weighted by atomic mass is 10.2. The van der Waals surface area contributed by atoms with Crippen molar-refractivity contribution >= 4 is 23.4 Å². The molecule has 0 aliphatic carbocycles. The van der Waals surface area contributed by atoms with E-state index in [1.54, 1.807) is 60.8 Å². The summed E-state index contributed by atoms with van der Waals surface area (Å²) in [5.41, 5.74) is 0.574. The van der Waals surface area contributed by atoms with Crippen molar-refractivity contribution in [2.75, 3.05) is 25.3 Å². The van der Waals surface area contributed by atoms with Gasteiger partial charge in [0.05, 0.1) is 25.7 Å². The second-order valence-corrected chi connectivity index (χ2v) is 6.00. The lowest BCUT2D eigenvalue weighted by Crippen LogP contribution is -2.15. The molecule has 134 valence electrons. The van der Waals surface area contributed by atoms with Crippen LogP contribution in [0.15, 0.2) is 54.1 Å². The third kappa shape index (κ3) is 4.12. The van der Waals surface area contributed by atoms with Crippen LogP contribution in [-0.2, 0) is 4.79 Å². The van der Waals surface area contributed by atoms with Gasteiger partial charge in [0.25, 0.3) is 0 Å². The van der Waals surface area contributed by atoms with Gasteiger partial charge in [0.2, 0.25) is 5.91 Å². The van der Waals surface area contributed by atoms with E-state index in [0.29, 0.717) is 28.0 Å². The average molecular weight is 371 g/mol. The summed E-state index contributed by atoms with van der Waals surface area (Å²) in [5, 5.41) is 7.60. The normalized spacial score (nSPS) is 10.4. The molecule has 0 aliphatic rings. The largest absolute Gasteiger partial charge is 0.497 e. The zero-order chi connectivity index (χ0) is 18.4. The number of carbonyl (C=O) groups excluding carboxylic acids is 1. The number of thioether (sulfide) groups is 1. The second-order valence-electron chi connectivity index (χ2n) is 5.04. The van der Waals surface area contributed by atoms with Gasteiger partial charge in [-0.3, -0.25) is 4.79 Å². The van der Waals surface area contributed by atoms with E-state index >= 15 is 0 Å². The van der Waals surface area contributed by atoms with E-state index in [1.807, 2.05) is 0 Å². The highest BCUT2D eigenvalue weighted by Crippen LogP contribution is 2.29. The van der Waals surface area contributed by atoms with E-state index in [0.717, 1.165) is 0 Å². The monoisotopic (exact) mass is 371 g/mol. The summed E-state index contributed by atoms with van der Waals surface area (Å²) >= 11 is 1.28. The highest BCUT2D eigenvalue weighted by Gasteiger charge is 2.13. The molecule has 8 nitrogen and oxygen atoms in total. The van der Waals surface area contributed by atoms with Gasteiger partial charge in [-0.05, 0) is 18.2 Å². The number of nitrogens with one attached hydrogen (secondary N) is 1. The third-order valence-corrected chi connectivity index (χ3v) is 4.36. The van der Waals surface area contributed by atoms with Crippen LogP contribution in [0.25, 0.3) is 5.82 Å². The van der Waals surface area contributed by atoms with Crippen molar-refractivity contribution in [3.8, 4) is 17.3 Å². The van der Waals surface area contributed by atoms with E-state index in [-0.39, 0.29) is 11.7 Å². The molecule has 26 heavy (non-hydrogen) atoms. The molecular formula is C17H17N5O3S. The number of methoxy groups -OCH3 is 2. The Hall–Kier alpha value is -3.07. The number of aromatic nitrogens is 4. The van der Waals surface area contributed by atoms with Gasteiger partial charge in [-0.1, -0.05) is 11.8 Å². The van der Waals surface area contributed by atoms with E-state index < -0.39 is 0 Å². The molecule has 0 radical (unpaired) electrons. The van der Waals surface area contributed by atoms with Crippen molar-refractivity contribution in [3.05, 3.63) is 49.1 Å². The van der Waals surface area contributed by atoms with Crippen molar-refractivity contribution < 1.29 is 14.3 Å². The molecule has 0 saturated heterocycles. The maximum absolute atomic E-state index is 12.3. The summed E-state index contributed by atoms with van der Waals surface area (Å²) in [4.78, 5) is 20.9. The quantitative estimate of drug-likeness (QED) is 0.638. The smallest absolute Gasteiger partial charge is 0.234 e. The van der Waals surface area contributed by atoms with Crippen molar-refractivity contribution in [1.29, 1.82) is 0 Å². The SMILES string of the molecule is COc1ccc(NC(=O)CSc2nccnc2-n2cccn2)c(OC)c1. The number of ether oxygens (including phenoxy) is 2. The number of hydrogen-bond acceptors (Lipinski definition) is 7. The molecule has 0 unspecified atom stereocenters. The molecule has 1 N–H and O–H groups in total. The Morgan fingerprint density at radius 2 is 2.04 bits per heavy atom. The van der Waals surface area contributed by atoms with Gasteiger partial charge in [0.1, 0.15) is 16.5 Å². The van der Waals surface area contributed by atoms with Crippen LogP contribution in [0.2, 0.25) is 0 Å². The minimum Gasteiger partial charge on any atom is -0.497 e. The van der Waals surface area contributed by atoms with Crippen LogP contribution in [-0.4, -0.2) is 45.6 Å². The minimum atomic E-state index is -0.185. The van der Waals surface area contributed by atoms with E-state index in [9.17, 15) is 4.79 Å². The first-order valence-corrected chi connectivity index (χ1v) is 8.65. The number of hydrogen-bond donors (Lipinski definition) is 1. The number of rotatable bonds is 7.